The number of alkyl carbamates (subject to hydrolysis) is 1. The van der Waals surface area contributed by atoms with Gasteiger partial charge in [-0.2, -0.15) is 0 Å². The highest BCUT2D eigenvalue weighted by Gasteiger charge is 2.30. The fourth-order valence-electron chi connectivity index (χ4n) is 4.06. The Morgan fingerprint density at radius 1 is 1.09 bits per heavy atom. The first-order chi connectivity index (χ1) is 15.3. The van der Waals surface area contributed by atoms with Crippen molar-refractivity contribution < 1.29 is 24.2 Å². The number of hydrogen-bond donors (Lipinski definition) is 2. The van der Waals surface area contributed by atoms with Crippen LogP contribution in [0.25, 0.3) is 11.1 Å². The number of amides is 2. The second kappa shape index (κ2) is 10.1. The maximum atomic E-state index is 12.7. The van der Waals surface area contributed by atoms with Crippen LogP contribution in [0.15, 0.2) is 60.7 Å². The molecule has 2 N–H and O–H groups in total. The summed E-state index contributed by atoms with van der Waals surface area (Å²) < 4.78 is 5.50. The van der Waals surface area contributed by atoms with E-state index in [0.717, 1.165) is 27.8 Å². The quantitative estimate of drug-likeness (QED) is 0.583. The van der Waals surface area contributed by atoms with Gasteiger partial charge in [0.05, 0.1) is 0 Å². The van der Waals surface area contributed by atoms with Crippen molar-refractivity contribution in [2.24, 2.45) is 0 Å². The molecule has 1 unspecified atom stereocenters. The molecule has 1 aliphatic carbocycles. The molecule has 0 radical (unpaired) electrons. The number of aliphatic carboxylic acids is 1. The van der Waals surface area contributed by atoms with E-state index in [2.05, 4.69) is 11.9 Å². The van der Waals surface area contributed by atoms with Crippen LogP contribution >= 0.6 is 0 Å². The van der Waals surface area contributed by atoms with Crippen LogP contribution in [0.1, 0.15) is 36.8 Å². The first kappa shape index (κ1) is 23.1. The molecule has 7 heteroatoms. The summed E-state index contributed by atoms with van der Waals surface area (Å²) in [6.45, 7) is 6.00. The van der Waals surface area contributed by atoms with Gasteiger partial charge in [0.25, 0.3) is 0 Å². The van der Waals surface area contributed by atoms with E-state index in [-0.39, 0.29) is 31.3 Å². The molecule has 2 aromatic carbocycles. The van der Waals surface area contributed by atoms with Crippen LogP contribution in [0.4, 0.5) is 4.79 Å². The summed E-state index contributed by atoms with van der Waals surface area (Å²) in [7, 11) is 1.59. The van der Waals surface area contributed by atoms with Gasteiger partial charge in [0.15, 0.2) is 0 Å². The van der Waals surface area contributed by atoms with Crippen molar-refractivity contribution in [2.45, 2.75) is 31.7 Å². The lowest BCUT2D eigenvalue weighted by atomic mass is 9.98. The number of carbonyl (C=O) groups is 3. The third kappa shape index (κ3) is 5.35. The summed E-state index contributed by atoms with van der Waals surface area (Å²) in [6, 6.07) is 15.0. The largest absolute Gasteiger partial charge is 0.481 e. The van der Waals surface area contributed by atoms with Gasteiger partial charge in [0, 0.05) is 25.9 Å². The highest BCUT2D eigenvalue weighted by molar-refractivity contribution is 5.86. The van der Waals surface area contributed by atoms with Gasteiger partial charge in [0.1, 0.15) is 12.6 Å². The topological polar surface area (TPSA) is 95.9 Å². The Morgan fingerprint density at radius 3 is 2.19 bits per heavy atom. The number of fused-ring (bicyclic) bond motifs is 3. The minimum atomic E-state index is -1.04. The maximum absolute atomic E-state index is 12.7. The first-order valence-corrected chi connectivity index (χ1v) is 10.5. The van der Waals surface area contributed by atoms with Crippen molar-refractivity contribution in [3.63, 3.8) is 0 Å². The van der Waals surface area contributed by atoms with Gasteiger partial charge in [-0.05, 0) is 35.6 Å². The Balaban J connectivity index is 1.68. The van der Waals surface area contributed by atoms with Gasteiger partial charge in [-0.1, -0.05) is 60.7 Å². The number of nitrogens with zero attached hydrogens (tertiary/aromatic N) is 1. The smallest absolute Gasteiger partial charge is 0.407 e. The lowest BCUT2D eigenvalue weighted by Crippen LogP contribution is -2.48. The minimum Gasteiger partial charge on any atom is -0.481 e. The average molecular weight is 437 g/mol. The van der Waals surface area contributed by atoms with E-state index in [0.29, 0.717) is 6.54 Å². The molecule has 0 aliphatic heterocycles. The fourth-order valence-corrected chi connectivity index (χ4v) is 4.06. The summed E-state index contributed by atoms with van der Waals surface area (Å²) in [5.74, 6) is -1.53. The van der Waals surface area contributed by atoms with E-state index >= 15 is 0 Å². The number of carboxylic acids is 1. The Hall–Kier alpha value is -3.61. The predicted molar refractivity (Wildman–Crippen MR) is 121 cm³/mol. The van der Waals surface area contributed by atoms with Crippen LogP contribution in [-0.4, -0.2) is 54.2 Å². The predicted octanol–water partition coefficient (Wildman–Crippen LogP) is 3.79. The molecule has 7 nitrogen and oxygen atoms in total. The molecule has 0 heterocycles. The SMILES string of the molecule is C=C(C)CN(C)C(=O)C(CCC(=O)O)NC(=O)OCC1c2ccccc2-c2ccccc21. The first-order valence-electron chi connectivity index (χ1n) is 10.5. The lowest BCUT2D eigenvalue weighted by Gasteiger charge is -2.24. The second-order valence-electron chi connectivity index (χ2n) is 8.11. The van der Waals surface area contributed by atoms with E-state index < -0.39 is 18.1 Å². The molecule has 0 saturated carbocycles. The number of carbonyl (C=O) groups excluding carboxylic acids is 2. The Morgan fingerprint density at radius 2 is 1.66 bits per heavy atom. The number of rotatable bonds is 9. The van der Waals surface area contributed by atoms with Gasteiger partial charge in [-0.25, -0.2) is 4.79 Å². The van der Waals surface area contributed by atoms with Crippen molar-refractivity contribution in [1.82, 2.24) is 10.2 Å². The molecule has 0 aromatic heterocycles. The third-order valence-corrected chi connectivity index (χ3v) is 5.46. The van der Waals surface area contributed by atoms with Gasteiger partial charge < -0.3 is 20.1 Å². The molecule has 168 valence electrons. The number of nitrogens with one attached hydrogen (secondary N) is 1. The van der Waals surface area contributed by atoms with Crippen LogP contribution in [0.3, 0.4) is 0 Å². The van der Waals surface area contributed by atoms with E-state index in [9.17, 15) is 14.4 Å². The maximum Gasteiger partial charge on any atom is 0.407 e. The highest BCUT2D eigenvalue weighted by atomic mass is 16.5. The number of ether oxygens (including phenoxy) is 1. The number of hydrogen-bond acceptors (Lipinski definition) is 4. The minimum absolute atomic E-state index is 0.0289. The van der Waals surface area contributed by atoms with Crippen LogP contribution < -0.4 is 5.32 Å². The zero-order chi connectivity index (χ0) is 23.3. The summed E-state index contributed by atoms with van der Waals surface area (Å²) in [5, 5.41) is 11.6. The van der Waals surface area contributed by atoms with Crippen molar-refractivity contribution in [3.05, 3.63) is 71.8 Å². The van der Waals surface area contributed by atoms with E-state index in [4.69, 9.17) is 9.84 Å². The molecule has 0 fully saturated rings. The van der Waals surface area contributed by atoms with Crippen LogP contribution in [0.2, 0.25) is 0 Å². The van der Waals surface area contributed by atoms with Gasteiger partial charge in [-0.15, -0.1) is 0 Å². The molecule has 1 aliphatic rings. The van der Waals surface area contributed by atoms with Crippen molar-refractivity contribution >= 4 is 18.0 Å². The molecule has 0 bridgehead atoms. The van der Waals surface area contributed by atoms with Gasteiger partial charge >= 0.3 is 12.1 Å². The summed E-state index contributed by atoms with van der Waals surface area (Å²) in [6.07, 6.45) is -1.03. The van der Waals surface area contributed by atoms with Crippen LogP contribution in [0, 0.1) is 0 Å². The summed E-state index contributed by atoms with van der Waals surface area (Å²) in [5.41, 5.74) is 5.18. The number of benzene rings is 2. The molecule has 3 rings (SSSR count). The number of carboxylic acid groups (broad SMARTS) is 1. The monoisotopic (exact) mass is 436 g/mol. The van der Waals surface area contributed by atoms with Gasteiger partial charge in [-0.3, -0.25) is 9.59 Å². The number of likely N-dealkylation sites (N-methyl/N-ethyl adjacent to an activating group) is 1. The van der Waals surface area contributed by atoms with Crippen molar-refractivity contribution in [2.75, 3.05) is 20.2 Å². The average Bonchev–Trinajstić information content (AvgIpc) is 3.08. The Bertz CT molecular complexity index is 987. The zero-order valence-electron chi connectivity index (χ0n) is 18.3. The fraction of sp³-hybridized carbons (Fsp3) is 0.320. The van der Waals surface area contributed by atoms with Gasteiger partial charge in [0.2, 0.25) is 5.91 Å². The molecular formula is C25H28N2O5. The molecule has 2 amide bonds. The summed E-state index contributed by atoms with van der Waals surface area (Å²) >= 11 is 0. The van der Waals surface area contributed by atoms with Crippen molar-refractivity contribution in [1.29, 1.82) is 0 Å². The molecular weight excluding hydrogens is 408 g/mol. The zero-order valence-corrected chi connectivity index (χ0v) is 18.3. The molecule has 2 aromatic rings. The van der Waals surface area contributed by atoms with Crippen LogP contribution in [-0.2, 0) is 14.3 Å². The Kier molecular flexibility index (Phi) is 7.30. The molecule has 1 atom stereocenters. The molecule has 0 spiro atoms. The summed E-state index contributed by atoms with van der Waals surface area (Å²) in [4.78, 5) is 37.7. The van der Waals surface area contributed by atoms with E-state index in [1.807, 2.05) is 48.5 Å². The van der Waals surface area contributed by atoms with E-state index in [1.54, 1.807) is 14.0 Å². The standard InChI is InChI=1S/C25H28N2O5/c1-16(2)14-27(3)24(30)22(12-13-23(28)29)26-25(31)32-15-21-19-10-6-4-8-17(19)18-9-5-7-11-20(18)21/h4-11,21-22H,1,12-15H2,2-3H3,(H,26,31)(H,28,29). The third-order valence-electron chi connectivity index (χ3n) is 5.46. The van der Waals surface area contributed by atoms with Crippen LogP contribution in [0.5, 0.6) is 0 Å². The molecule has 0 saturated heterocycles. The normalized spacial score (nSPS) is 12.9. The highest BCUT2D eigenvalue weighted by Crippen LogP contribution is 2.44. The van der Waals surface area contributed by atoms with Crippen molar-refractivity contribution in [3.8, 4) is 11.1 Å². The van der Waals surface area contributed by atoms with E-state index in [1.165, 1.54) is 4.90 Å². The molecule has 32 heavy (non-hydrogen) atoms. The Labute approximate surface area is 187 Å². The lowest BCUT2D eigenvalue weighted by molar-refractivity contribution is -0.137. The second-order valence-corrected chi connectivity index (χ2v) is 8.11.